The number of anilines is 1. The van der Waals surface area contributed by atoms with Gasteiger partial charge in [-0.15, -0.1) is 0 Å². The molecule has 1 aromatic carbocycles. The summed E-state index contributed by atoms with van der Waals surface area (Å²) >= 11 is 0. The molecule has 0 saturated carbocycles. The monoisotopic (exact) mass is 206 g/mol. The molecule has 4 heteroatoms. The number of ether oxygens (including phenoxy) is 2. The SMILES string of the molecule is [CH2]C1COc2ccc(NC(C)=O)cc2O1. The Morgan fingerprint density at radius 3 is 3.07 bits per heavy atom. The number of amides is 1. The highest BCUT2D eigenvalue weighted by Gasteiger charge is 2.17. The molecular weight excluding hydrogens is 194 g/mol. The maximum atomic E-state index is 10.9. The lowest BCUT2D eigenvalue weighted by molar-refractivity contribution is -0.114. The van der Waals surface area contributed by atoms with Gasteiger partial charge in [0.25, 0.3) is 0 Å². The summed E-state index contributed by atoms with van der Waals surface area (Å²) in [4.78, 5) is 10.9. The van der Waals surface area contributed by atoms with Crippen LogP contribution in [0.5, 0.6) is 11.5 Å². The van der Waals surface area contributed by atoms with E-state index in [1.54, 1.807) is 18.2 Å². The van der Waals surface area contributed by atoms with E-state index in [1.165, 1.54) is 6.92 Å². The first kappa shape index (κ1) is 9.83. The van der Waals surface area contributed by atoms with Gasteiger partial charge in [0, 0.05) is 18.7 Å². The van der Waals surface area contributed by atoms with Crippen molar-refractivity contribution in [2.75, 3.05) is 11.9 Å². The van der Waals surface area contributed by atoms with Crippen LogP contribution in [0.3, 0.4) is 0 Å². The summed E-state index contributed by atoms with van der Waals surface area (Å²) in [6.07, 6.45) is -0.204. The third kappa shape index (κ3) is 2.21. The number of fused-ring (bicyclic) bond motifs is 1. The Balaban J connectivity index is 2.24. The summed E-state index contributed by atoms with van der Waals surface area (Å²) in [6.45, 7) is 5.66. The minimum Gasteiger partial charge on any atom is -0.486 e. The number of hydrogen-bond acceptors (Lipinski definition) is 3. The Morgan fingerprint density at radius 1 is 1.53 bits per heavy atom. The second kappa shape index (κ2) is 3.81. The van der Waals surface area contributed by atoms with Crippen molar-refractivity contribution in [3.05, 3.63) is 25.1 Å². The van der Waals surface area contributed by atoms with E-state index < -0.39 is 0 Å². The van der Waals surface area contributed by atoms with Gasteiger partial charge in [-0.2, -0.15) is 0 Å². The van der Waals surface area contributed by atoms with Gasteiger partial charge < -0.3 is 14.8 Å². The predicted molar refractivity (Wildman–Crippen MR) is 56.0 cm³/mol. The molecule has 1 heterocycles. The van der Waals surface area contributed by atoms with Crippen LogP contribution in [0, 0.1) is 6.92 Å². The standard InChI is InChI=1S/C11H12NO3/c1-7-6-14-10-4-3-9(12-8(2)13)5-11(10)15-7/h3-5,7H,1,6H2,2H3,(H,12,13). The van der Waals surface area contributed by atoms with Crippen LogP contribution < -0.4 is 14.8 Å². The van der Waals surface area contributed by atoms with Crippen molar-refractivity contribution in [2.45, 2.75) is 13.0 Å². The lowest BCUT2D eigenvalue weighted by Gasteiger charge is -2.24. The normalized spacial score (nSPS) is 18.4. The van der Waals surface area contributed by atoms with E-state index >= 15 is 0 Å². The molecule has 0 aliphatic carbocycles. The van der Waals surface area contributed by atoms with Crippen LogP contribution in [0.1, 0.15) is 6.92 Å². The third-order valence-corrected chi connectivity index (χ3v) is 1.98. The van der Waals surface area contributed by atoms with Gasteiger partial charge in [0.2, 0.25) is 5.91 Å². The summed E-state index contributed by atoms with van der Waals surface area (Å²) in [7, 11) is 0. The minimum absolute atomic E-state index is 0.113. The molecule has 1 aliphatic heterocycles. The highest BCUT2D eigenvalue weighted by Crippen LogP contribution is 2.33. The van der Waals surface area contributed by atoms with Crippen molar-refractivity contribution in [3.63, 3.8) is 0 Å². The highest BCUT2D eigenvalue weighted by molar-refractivity contribution is 5.89. The molecule has 0 saturated heterocycles. The van der Waals surface area contributed by atoms with Crippen LogP contribution in [0.2, 0.25) is 0 Å². The van der Waals surface area contributed by atoms with Crippen LogP contribution >= 0.6 is 0 Å². The molecule has 1 atom stereocenters. The Hall–Kier alpha value is -1.71. The molecule has 1 unspecified atom stereocenters. The van der Waals surface area contributed by atoms with Gasteiger partial charge in [0.1, 0.15) is 12.7 Å². The van der Waals surface area contributed by atoms with E-state index in [-0.39, 0.29) is 12.0 Å². The van der Waals surface area contributed by atoms with Crippen LogP contribution in [0.15, 0.2) is 18.2 Å². The largest absolute Gasteiger partial charge is 0.486 e. The van der Waals surface area contributed by atoms with Crippen LogP contribution in [-0.2, 0) is 4.79 Å². The molecule has 15 heavy (non-hydrogen) atoms. The van der Waals surface area contributed by atoms with E-state index in [9.17, 15) is 4.79 Å². The first-order chi connectivity index (χ1) is 7.15. The van der Waals surface area contributed by atoms with Crippen molar-refractivity contribution in [2.24, 2.45) is 0 Å². The fourth-order valence-corrected chi connectivity index (χ4v) is 1.40. The average Bonchev–Trinajstić information content (AvgIpc) is 2.16. The Bertz CT molecular complexity index is 389. The summed E-state index contributed by atoms with van der Waals surface area (Å²) in [5.74, 6) is 1.19. The van der Waals surface area contributed by atoms with Gasteiger partial charge in [-0.3, -0.25) is 4.79 Å². The van der Waals surface area contributed by atoms with E-state index in [2.05, 4.69) is 12.2 Å². The first-order valence-electron chi connectivity index (χ1n) is 4.69. The van der Waals surface area contributed by atoms with Gasteiger partial charge >= 0.3 is 0 Å². The van der Waals surface area contributed by atoms with E-state index in [4.69, 9.17) is 9.47 Å². The molecular formula is C11H12NO3. The van der Waals surface area contributed by atoms with Crippen molar-refractivity contribution in [1.29, 1.82) is 0 Å². The second-order valence-electron chi connectivity index (χ2n) is 3.39. The fraction of sp³-hybridized carbons (Fsp3) is 0.273. The van der Waals surface area contributed by atoms with Crippen LogP contribution in [0.4, 0.5) is 5.69 Å². The van der Waals surface area contributed by atoms with Gasteiger partial charge in [-0.25, -0.2) is 0 Å². The Labute approximate surface area is 88.2 Å². The minimum atomic E-state index is -0.204. The fourth-order valence-electron chi connectivity index (χ4n) is 1.40. The molecule has 1 aromatic rings. The van der Waals surface area contributed by atoms with E-state index in [0.717, 1.165) is 0 Å². The van der Waals surface area contributed by atoms with Crippen molar-refractivity contribution >= 4 is 11.6 Å². The van der Waals surface area contributed by atoms with Gasteiger partial charge in [-0.05, 0) is 19.1 Å². The maximum Gasteiger partial charge on any atom is 0.221 e. The lowest BCUT2D eigenvalue weighted by Crippen LogP contribution is -2.26. The number of carbonyl (C=O) groups excluding carboxylic acids is 1. The average molecular weight is 206 g/mol. The first-order valence-corrected chi connectivity index (χ1v) is 4.69. The maximum absolute atomic E-state index is 10.9. The van der Waals surface area contributed by atoms with Crippen molar-refractivity contribution in [3.8, 4) is 11.5 Å². The summed E-state index contributed by atoms with van der Waals surface area (Å²) in [6, 6.07) is 5.27. The molecule has 0 fully saturated rings. The van der Waals surface area contributed by atoms with Crippen molar-refractivity contribution in [1.82, 2.24) is 0 Å². The van der Waals surface area contributed by atoms with Crippen LogP contribution in [-0.4, -0.2) is 18.6 Å². The zero-order valence-electron chi connectivity index (χ0n) is 8.45. The Kier molecular flexibility index (Phi) is 2.49. The molecule has 2 rings (SSSR count). The molecule has 4 nitrogen and oxygen atoms in total. The Morgan fingerprint density at radius 2 is 2.33 bits per heavy atom. The quantitative estimate of drug-likeness (QED) is 0.759. The van der Waals surface area contributed by atoms with Crippen molar-refractivity contribution < 1.29 is 14.3 Å². The highest BCUT2D eigenvalue weighted by atomic mass is 16.6. The predicted octanol–water partition coefficient (Wildman–Crippen LogP) is 1.62. The molecule has 79 valence electrons. The van der Waals surface area contributed by atoms with Gasteiger partial charge in [0.05, 0.1) is 0 Å². The zero-order chi connectivity index (χ0) is 10.8. The van der Waals surface area contributed by atoms with E-state index in [1.807, 2.05) is 0 Å². The van der Waals surface area contributed by atoms with E-state index in [0.29, 0.717) is 23.8 Å². The molecule has 1 radical (unpaired) electrons. The zero-order valence-corrected chi connectivity index (χ0v) is 8.45. The van der Waals surface area contributed by atoms with Crippen LogP contribution in [0.25, 0.3) is 0 Å². The molecule has 1 amide bonds. The molecule has 0 spiro atoms. The number of hydrogen-bond donors (Lipinski definition) is 1. The smallest absolute Gasteiger partial charge is 0.221 e. The summed E-state index contributed by atoms with van der Waals surface area (Å²) in [5.41, 5.74) is 0.693. The number of rotatable bonds is 1. The third-order valence-electron chi connectivity index (χ3n) is 1.98. The number of carbonyl (C=O) groups is 1. The number of nitrogens with one attached hydrogen (secondary N) is 1. The molecule has 0 bridgehead atoms. The second-order valence-corrected chi connectivity index (χ2v) is 3.39. The molecule has 1 aliphatic rings. The summed E-state index contributed by atoms with van der Waals surface area (Å²) < 4.78 is 10.9. The molecule has 1 N–H and O–H groups in total. The van der Waals surface area contributed by atoms with Gasteiger partial charge in [-0.1, -0.05) is 0 Å². The summed E-state index contributed by atoms with van der Waals surface area (Å²) in [5, 5.41) is 2.67. The molecule has 0 aromatic heterocycles. The topological polar surface area (TPSA) is 47.6 Å². The van der Waals surface area contributed by atoms with Gasteiger partial charge in [0.15, 0.2) is 11.5 Å². The lowest BCUT2D eigenvalue weighted by atomic mass is 10.2. The number of benzene rings is 1.